The molecule has 0 aliphatic carbocycles. The Labute approximate surface area is 126 Å². The van der Waals surface area contributed by atoms with Gasteiger partial charge in [0.15, 0.2) is 0 Å². The van der Waals surface area contributed by atoms with Gasteiger partial charge >= 0.3 is 6.09 Å². The van der Waals surface area contributed by atoms with Crippen LogP contribution in [0.5, 0.6) is 0 Å². The van der Waals surface area contributed by atoms with Gasteiger partial charge in [0, 0.05) is 19.3 Å². The van der Waals surface area contributed by atoms with Crippen molar-refractivity contribution in [1.82, 2.24) is 15.3 Å². The van der Waals surface area contributed by atoms with E-state index < -0.39 is 11.7 Å². The topological polar surface area (TPSA) is 76.1 Å². The van der Waals surface area contributed by atoms with E-state index >= 15 is 0 Å². The fourth-order valence-electron chi connectivity index (χ4n) is 1.78. The van der Waals surface area contributed by atoms with Gasteiger partial charge in [-0.3, -0.25) is 0 Å². The van der Waals surface area contributed by atoms with E-state index in [-0.39, 0.29) is 0 Å². The van der Waals surface area contributed by atoms with Crippen molar-refractivity contribution >= 4 is 12.0 Å². The number of anilines is 1. The Morgan fingerprint density at radius 2 is 2.00 bits per heavy atom. The summed E-state index contributed by atoms with van der Waals surface area (Å²) in [6, 6.07) is 0. The molecule has 0 aliphatic heterocycles. The third-order valence-electron chi connectivity index (χ3n) is 2.63. The number of nitrogens with zero attached hydrogens (tertiary/aromatic N) is 2. The standard InChI is InChI=1S/C15H26N4O2/c1-10(2)12-11(3)9-18-13(19-12)16-7-8-17-14(20)21-15(4,5)6/h9-10H,7-8H2,1-6H3,(H,17,20)(H,16,18,19). The maximum atomic E-state index is 11.5. The first-order valence-electron chi connectivity index (χ1n) is 7.23. The average Bonchev–Trinajstić information content (AvgIpc) is 2.34. The molecule has 1 aromatic heterocycles. The Morgan fingerprint density at radius 3 is 2.57 bits per heavy atom. The van der Waals surface area contributed by atoms with E-state index in [1.54, 1.807) is 0 Å². The lowest BCUT2D eigenvalue weighted by Crippen LogP contribution is -2.35. The highest BCUT2D eigenvalue weighted by atomic mass is 16.6. The van der Waals surface area contributed by atoms with Crippen LogP contribution in [0.15, 0.2) is 6.20 Å². The van der Waals surface area contributed by atoms with E-state index in [2.05, 4.69) is 34.4 Å². The second-order valence-electron chi connectivity index (χ2n) is 6.27. The molecule has 1 aromatic rings. The zero-order chi connectivity index (χ0) is 16.0. The molecular formula is C15H26N4O2. The zero-order valence-electron chi connectivity index (χ0n) is 13.8. The number of aryl methyl sites for hydroxylation is 1. The van der Waals surface area contributed by atoms with E-state index in [1.807, 2.05) is 33.9 Å². The predicted molar refractivity (Wildman–Crippen MR) is 83.6 cm³/mol. The molecular weight excluding hydrogens is 268 g/mol. The van der Waals surface area contributed by atoms with Crippen LogP contribution < -0.4 is 10.6 Å². The number of hydrogen-bond acceptors (Lipinski definition) is 5. The molecule has 6 nitrogen and oxygen atoms in total. The molecule has 0 atom stereocenters. The number of nitrogens with one attached hydrogen (secondary N) is 2. The van der Waals surface area contributed by atoms with Crippen molar-refractivity contribution in [3.63, 3.8) is 0 Å². The summed E-state index contributed by atoms with van der Waals surface area (Å²) in [6.07, 6.45) is 1.39. The maximum Gasteiger partial charge on any atom is 0.407 e. The fraction of sp³-hybridized carbons (Fsp3) is 0.667. The van der Waals surface area contributed by atoms with Gasteiger partial charge in [0.05, 0.1) is 5.69 Å². The van der Waals surface area contributed by atoms with Crippen molar-refractivity contribution in [3.8, 4) is 0 Å². The minimum absolute atomic E-state index is 0.355. The van der Waals surface area contributed by atoms with Crippen LogP contribution in [0.1, 0.15) is 51.8 Å². The number of ether oxygens (including phenoxy) is 1. The SMILES string of the molecule is Cc1cnc(NCCNC(=O)OC(C)(C)C)nc1C(C)C. The minimum Gasteiger partial charge on any atom is -0.444 e. The number of carbonyl (C=O) groups excluding carboxylic acids is 1. The third-order valence-corrected chi connectivity index (χ3v) is 2.63. The number of aromatic nitrogens is 2. The normalized spacial score (nSPS) is 11.4. The first-order chi connectivity index (χ1) is 9.69. The summed E-state index contributed by atoms with van der Waals surface area (Å²) < 4.78 is 5.15. The van der Waals surface area contributed by atoms with Crippen LogP contribution in [0.3, 0.4) is 0 Å². The molecule has 0 unspecified atom stereocenters. The summed E-state index contributed by atoms with van der Waals surface area (Å²) in [5.41, 5.74) is 1.64. The van der Waals surface area contributed by atoms with Crippen LogP contribution in [0.4, 0.5) is 10.7 Å². The molecule has 0 radical (unpaired) electrons. The highest BCUT2D eigenvalue weighted by molar-refractivity contribution is 5.67. The molecule has 0 aromatic carbocycles. The van der Waals surface area contributed by atoms with E-state index in [4.69, 9.17) is 4.74 Å². The van der Waals surface area contributed by atoms with Crippen LogP contribution in [0.2, 0.25) is 0 Å². The molecule has 0 aliphatic rings. The minimum atomic E-state index is -0.482. The molecule has 118 valence electrons. The maximum absolute atomic E-state index is 11.5. The number of alkyl carbamates (subject to hydrolysis) is 1. The summed E-state index contributed by atoms with van der Waals surface area (Å²) in [5.74, 6) is 0.934. The summed E-state index contributed by atoms with van der Waals surface area (Å²) in [6.45, 7) is 12.7. The summed E-state index contributed by atoms with van der Waals surface area (Å²) in [7, 11) is 0. The van der Waals surface area contributed by atoms with Gasteiger partial charge in [-0.1, -0.05) is 13.8 Å². The van der Waals surface area contributed by atoms with Gasteiger partial charge in [0.1, 0.15) is 5.60 Å². The molecule has 0 spiro atoms. The van der Waals surface area contributed by atoms with Crippen molar-refractivity contribution in [1.29, 1.82) is 0 Å². The van der Waals surface area contributed by atoms with Crippen LogP contribution in [-0.2, 0) is 4.74 Å². The first kappa shape index (κ1) is 17.2. The van der Waals surface area contributed by atoms with E-state index in [1.165, 1.54) is 0 Å². The molecule has 1 rings (SSSR count). The van der Waals surface area contributed by atoms with Gasteiger partial charge in [-0.25, -0.2) is 14.8 Å². The lowest BCUT2D eigenvalue weighted by molar-refractivity contribution is 0.0530. The Hall–Kier alpha value is -1.85. The van der Waals surface area contributed by atoms with Gasteiger partial charge in [0.2, 0.25) is 5.95 Å². The highest BCUT2D eigenvalue weighted by Crippen LogP contribution is 2.16. The number of amides is 1. The van der Waals surface area contributed by atoms with E-state index in [9.17, 15) is 4.79 Å². The van der Waals surface area contributed by atoms with Crippen molar-refractivity contribution in [3.05, 3.63) is 17.5 Å². The first-order valence-corrected chi connectivity index (χ1v) is 7.23. The molecule has 0 bridgehead atoms. The lowest BCUT2D eigenvalue weighted by atomic mass is 10.1. The Morgan fingerprint density at radius 1 is 1.33 bits per heavy atom. The lowest BCUT2D eigenvalue weighted by Gasteiger charge is -2.19. The van der Waals surface area contributed by atoms with Crippen LogP contribution in [-0.4, -0.2) is 34.8 Å². The number of rotatable bonds is 5. The van der Waals surface area contributed by atoms with Gasteiger partial charge < -0.3 is 15.4 Å². The summed E-state index contributed by atoms with van der Waals surface area (Å²) in [4.78, 5) is 20.2. The fourth-order valence-corrected chi connectivity index (χ4v) is 1.78. The number of hydrogen-bond donors (Lipinski definition) is 2. The van der Waals surface area contributed by atoms with Crippen molar-refractivity contribution in [2.45, 2.75) is 53.1 Å². The largest absolute Gasteiger partial charge is 0.444 e. The van der Waals surface area contributed by atoms with Crippen LogP contribution >= 0.6 is 0 Å². The second kappa shape index (κ2) is 7.24. The molecule has 0 fully saturated rings. The molecule has 21 heavy (non-hydrogen) atoms. The Bertz CT molecular complexity index is 481. The predicted octanol–water partition coefficient (Wildman–Crippen LogP) is 2.85. The smallest absolute Gasteiger partial charge is 0.407 e. The second-order valence-corrected chi connectivity index (χ2v) is 6.27. The highest BCUT2D eigenvalue weighted by Gasteiger charge is 2.15. The molecule has 1 amide bonds. The van der Waals surface area contributed by atoms with Gasteiger partial charge in [-0.2, -0.15) is 0 Å². The van der Waals surface area contributed by atoms with Crippen molar-refractivity contribution in [2.75, 3.05) is 18.4 Å². The zero-order valence-corrected chi connectivity index (χ0v) is 13.8. The molecule has 2 N–H and O–H groups in total. The molecule has 0 saturated carbocycles. The van der Waals surface area contributed by atoms with Gasteiger partial charge in [-0.05, 0) is 39.2 Å². The van der Waals surface area contributed by atoms with E-state index in [0.717, 1.165) is 11.3 Å². The monoisotopic (exact) mass is 294 g/mol. The molecule has 1 heterocycles. The van der Waals surface area contributed by atoms with Gasteiger partial charge in [-0.15, -0.1) is 0 Å². The quantitative estimate of drug-likeness (QED) is 0.817. The van der Waals surface area contributed by atoms with Gasteiger partial charge in [0.25, 0.3) is 0 Å². The average molecular weight is 294 g/mol. The van der Waals surface area contributed by atoms with E-state index in [0.29, 0.717) is 25.0 Å². The number of carbonyl (C=O) groups is 1. The van der Waals surface area contributed by atoms with Crippen LogP contribution in [0.25, 0.3) is 0 Å². The Balaban J connectivity index is 2.40. The molecule has 0 saturated heterocycles. The summed E-state index contributed by atoms with van der Waals surface area (Å²) in [5, 5.41) is 5.77. The summed E-state index contributed by atoms with van der Waals surface area (Å²) >= 11 is 0. The van der Waals surface area contributed by atoms with Crippen molar-refractivity contribution < 1.29 is 9.53 Å². The molecule has 6 heteroatoms. The van der Waals surface area contributed by atoms with Crippen molar-refractivity contribution in [2.24, 2.45) is 0 Å². The van der Waals surface area contributed by atoms with Crippen LogP contribution in [0, 0.1) is 6.92 Å². The Kier molecular flexibility index (Phi) is 5.93. The third kappa shape index (κ3) is 6.42.